The predicted molar refractivity (Wildman–Crippen MR) is 128 cm³/mol. The van der Waals surface area contributed by atoms with Crippen LogP contribution in [-0.2, 0) is 9.53 Å². The van der Waals surface area contributed by atoms with Gasteiger partial charge in [0.1, 0.15) is 6.61 Å². The van der Waals surface area contributed by atoms with E-state index in [-0.39, 0.29) is 30.0 Å². The highest BCUT2D eigenvalue weighted by atomic mass is 32.2. The third-order valence-corrected chi connectivity index (χ3v) is 6.95. The number of hydrogen-bond donors (Lipinski definition) is 1. The Labute approximate surface area is 195 Å². The maximum absolute atomic E-state index is 12.9. The summed E-state index contributed by atoms with van der Waals surface area (Å²) in [5.74, 6) is 0.858. The fourth-order valence-corrected chi connectivity index (χ4v) is 4.87. The van der Waals surface area contributed by atoms with E-state index in [1.165, 1.54) is 0 Å². The zero-order chi connectivity index (χ0) is 23.3. The van der Waals surface area contributed by atoms with Gasteiger partial charge in [0.25, 0.3) is 5.91 Å². The van der Waals surface area contributed by atoms with Crippen molar-refractivity contribution < 1.29 is 19.1 Å². The molecule has 1 aromatic carbocycles. The number of benzene rings is 1. The maximum atomic E-state index is 12.9. The van der Waals surface area contributed by atoms with Crippen molar-refractivity contribution in [2.24, 2.45) is 5.92 Å². The van der Waals surface area contributed by atoms with E-state index in [1.54, 1.807) is 36.0 Å². The number of nitrogens with one attached hydrogen (secondary N) is 1. The number of carbonyl (C=O) groups excluding carboxylic acids is 3. The molecule has 0 spiro atoms. The van der Waals surface area contributed by atoms with E-state index < -0.39 is 0 Å². The minimum atomic E-state index is -0.218. The van der Waals surface area contributed by atoms with E-state index in [9.17, 15) is 14.4 Å². The van der Waals surface area contributed by atoms with Crippen molar-refractivity contribution >= 4 is 35.4 Å². The fourth-order valence-electron chi connectivity index (χ4n) is 4.31. The molecule has 3 rings (SSSR count). The average molecular weight is 462 g/mol. The summed E-state index contributed by atoms with van der Waals surface area (Å²) in [7, 11) is 0. The standard InChI is InChI=1S/C24H35N3O4S/c1-16(2)13-21-14-31-24(30)27(21)20-9-11-26(12-10-20)23(29)18-5-7-19(8-6-18)25-22(28)15-32-17(3)4/h5-8,16-17,20-21H,9-15H2,1-4H3,(H,25,28). The Balaban J connectivity index is 1.52. The van der Waals surface area contributed by atoms with Crippen LogP contribution in [0, 0.1) is 5.92 Å². The lowest BCUT2D eigenvalue weighted by molar-refractivity contribution is -0.113. The van der Waals surface area contributed by atoms with Gasteiger partial charge in [-0.2, -0.15) is 0 Å². The van der Waals surface area contributed by atoms with Crippen molar-refractivity contribution in [3.63, 3.8) is 0 Å². The second-order valence-electron chi connectivity index (χ2n) is 9.28. The number of thioether (sulfide) groups is 1. The first-order valence-electron chi connectivity index (χ1n) is 11.5. The number of anilines is 1. The summed E-state index contributed by atoms with van der Waals surface area (Å²) >= 11 is 1.59. The Kier molecular flexibility index (Phi) is 8.45. The van der Waals surface area contributed by atoms with Gasteiger partial charge in [0.05, 0.1) is 11.8 Å². The zero-order valence-corrected chi connectivity index (χ0v) is 20.3. The first kappa shape index (κ1) is 24.4. The monoisotopic (exact) mass is 461 g/mol. The Morgan fingerprint density at radius 2 is 1.78 bits per heavy atom. The number of hydrogen-bond acceptors (Lipinski definition) is 5. The molecule has 2 aliphatic rings. The third-order valence-electron chi connectivity index (χ3n) is 5.86. The molecule has 32 heavy (non-hydrogen) atoms. The molecule has 2 saturated heterocycles. The van der Waals surface area contributed by atoms with E-state index in [1.807, 2.05) is 9.80 Å². The molecule has 2 aliphatic heterocycles. The second-order valence-corrected chi connectivity index (χ2v) is 10.8. The zero-order valence-electron chi connectivity index (χ0n) is 19.5. The molecule has 176 valence electrons. The number of piperidine rings is 1. The number of ether oxygens (including phenoxy) is 1. The number of carbonyl (C=O) groups is 3. The summed E-state index contributed by atoms with van der Waals surface area (Å²) in [4.78, 5) is 41.0. The first-order valence-corrected chi connectivity index (χ1v) is 12.5. The van der Waals surface area contributed by atoms with Gasteiger partial charge in [-0.3, -0.25) is 14.5 Å². The van der Waals surface area contributed by atoms with Gasteiger partial charge in [0, 0.05) is 30.4 Å². The van der Waals surface area contributed by atoms with Crippen molar-refractivity contribution in [2.45, 2.75) is 64.3 Å². The van der Waals surface area contributed by atoms with Crippen LogP contribution < -0.4 is 5.32 Å². The molecular weight excluding hydrogens is 426 g/mol. The summed E-state index contributed by atoms with van der Waals surface area (Å²) < 4.78 is 5.32. The molecule has 1 N–H and O–H groups in total. The summed E-state index contributed by atoms with van der Waals surface area (Å²) in [6.45, 7) is 10.1. The number of amides is 3. The number of rotatable bonds is 8. The van der Waals surface area contributed by atoms with Gasteiger partial charge in [-0.05, 0) is 54.7 Å². The molecule has 7 nitrogen and oxygen atoms in total. The highest BCUT2D eigenvalue weighted by Gasteiger charge is 2.40. The molecule has 3 amide bonds. The van der Waals surface area contributed by atoms with Gasteiger partial charge >= 0.3 is 6.09 Å². The van der Waals surface area contributed by atoms with Crippen molar-refractivity contribution in [3.05, 3.63) is 29.8 Å². The number of nitrogens with zero attached hydrogens (tertiary/aromatic N) is 2. The van der Waals surface area contributed by atoms with E-state index in [0.29, 0.717) is 47.9 Å². The topological polar surface area (TPSA) is 79.0 Å². The predicted octanol–water partition coefficient (Wildman–Crippen LogP) is 4.24. The van der Waals surface area contributed by atoms with Crippen LogP contribution in [0.4, 0.5) is 10.5 Å². The lowest BCUT2D eigenvalue weighted by Crippen LogP contribution is -2.50. The molecule has 1 unspecified atom stereocenters. The Morgan fingerprint density at radius 3 is 2.38 bits per heavy atom. The van der Waals surface area contributed by atoms with Crippen molar-refractivity contribution in [2.75, 3.05) is 30.8 Å². The fraction of sp³-hybridized carbons (Fsp3) is 0.625. The smallest absolute Gasteiger partial charge is 0.410 e. The van der Waals surface area contributed by atoms with Crippen molar-refractivity contribution in [3.8, 4) is 0 Å². The van der Waals surface area contributed by atoms with E-state index in [2.05, 4.69) is 33.0 Å². The van der Waals surface area contributed by atoms with Crippen LogP contribution in [0.25, 0.3) is 0 Å². The van der Waals surface area contributed by atoms with Gasteiger partial charge in [-0.25, -0.2) is 4.79 Å². The normalized spacial score (nSPS) is 19.6. The van der Waals surface area contributed by atoms with Gasteiger partial charge < -0.3 is 15.0 Å². The molecule has 0 aromatic heterocycles. The lowest BCUT2D eigenvalue weighted by atomic mass is 9.98. The third kappa shape index (κ3) is 6.40. The largest absolute Gasteiger partial charge is 0.447 e. The number of cyclic esters (lactones) is 1. The van der Waals surface area contributed by atoms with Crippen molar-refractivity contribution in [1.29, 1.82) is 0 Å². The Morgan fingerprint density at radius 1 is 1.12 bits per heavy atom. The quantitative estimate of drug-likeness (QED) is 0.627. The summed E-state index contributed by atoms with van der Waals surface area (Å²) in [5.41, 5.74) is 1.30. The van der Waals surface area contributed by atoms with E-state index in [0.717, 1.165) is 19.3 Å². The molecule has 8 heteroatoms. The Hall–Kier alpha value is -2.22. The molecule has 2 heterocycles. The van der Waals surface area contributed by atoms with Gasteiger partial charge in [-0.15, -0.1) is 11.8 Å². The highest BCUT2D eigenvalue weighted by molar-refractivity contribution is 8.00. The molecular formula is C24H35N3O4S. The summed E-state index contributed by atoms with van der Waals surface area (Å²) in [5, 5.41) is 3.27. The molecule has 0 saturated carbocycles. The maximum Gasteiger partial charge on any atom is 0.410 e. The van der Waals surface area contributed by atoms with Gasteiger partial charge in [-0.1, -0.05) is 27.7 Å². The van der Waals surface area contributed by atoms with Crippen LogP contribution >= 0.6 is 11.8 Å². The van der Waals surface area contributed by atoms with Gasteiger partial charge in [0.2, 0.25) is 5.91 Å². The molecule has 0 aliphatic carbocycles. The highest BCUT2D eigenvalue weighted by Crippen LogP contribution is 2.27. The second kappa shape index (κ2) is 11.1. The minimum Gasteiger partial charge on any atom is -0.447 e. The number of likely N-dealkylation sites (tertiary alicyclic amines) is 1. The lowest BCUT2D eigenvalue weighted by Gasteiger charge is -2.38. The van der Waals surface area contributed by atoms with Crippen molar-refractivity contribution in [1.82, 2.24) is 9.80 Å². The van der Waals surface area contributed by atoms with E-state index >= 15 is 0 Å². The van der Waals surface area contributed by atoms with Crippen LogP contribution in [0.5, 0.6) is 0 Å². The van der Waals surface area contributed by atoms with Crippen LogP contribution in [0.15, 0.2) is 24.3 Å². The molecule has 1 aromatic rings. The van der Waals surface area contributed by atoms with Gasteiger partial charge in [0.15, 0.2) is 0 Å². The summed E-state index contributed by atoms with van der Waals surface area (Å²) in [6, 6.07) is 7.32. The van der Waals surface area contributed by atoms with Crippen LogP contribution in [0.3, 0.4) is 0 Å². The van der Waals surface area contributed by atoms with Crippen LogP contribution in [0.1, 0.15) is 57.3 Å². The SMILES string of the molecule is CC(C)CC1COC(=O)N1C1CCN(C(=O)c2ccc(NC(=O)CSC(C)C)cc2)CC1. The van der Waals surface area contributed by atoms with Crippen LogP contribution in [-0.4, -0.2) is 70.5 Å². The Bertz CT molecular complexity index is 804. The first-order chi connectivity index (χ1) is 15.2. The molecule has 1 atom stereocenters. The summed E-state index contributed by atoms with van der Waals surface area (Å²) in [6.07, 6.45) is 2.24. The van der Waals surface area contributed by atoms with Crippen LogP contribution in [0.2, 0.25) is 0 Å². The molecule has 0 bridgehead atoms. The molecule has 0 radical (unpaired) electrons. The molecule has 2 fully saturated rings. The van der Waals surface area contributed by atoms with E-state index in [4.69, 9.17) is 4.74 Å². The average Bonchev–Trinajstić information content (AvgIpc) is 3.11. The minimum absolute atomic E-state index is 0.0144.